The molecule has 2 atom stereocenters. The van der Waals surface area contributed by atoms with Crippen molar-refractivity contribution in [3.8, 4) is 11.5 Å². The fourth-order valence-corrected chi connectivity index (χ4v) is 3.58. The zero-order valence-electron chi connectivity index (χ0n) is 16.9. The minimum absolute atomic E-state index is 0.230. The molecule has 5 rings (SSSR count). The summed E-state index contributed by atoms with van der Waals surface area (Å²) in [5, 5.41) is 25.9. The number of aliphatic hydroxyl groups excluding tert-OH is 1. The Labute approximate surface area is 177 Å². The molecule has 0 bridgehead atoms. The van der Waals surface area contributed by atoms with Gasteiger partial charge in [0.25, 0.3) is 0 Å². The van der Waals surface area contributed by atoms with Crippen molar-refractivity contribution in [2.24, 2.45) is 0 Å². The number of benzene rings is 1. The van der Waals surface area contributed by atoms with E-state index in [9.17, 15) is 9.90 Å². The first-order chi connectivity index (χ1) is 15.1. The monoisotopic (exact) mass is 425 g/mol. The molecule has 3 heterocycles. The molecule has 1 aliphatic carbocycles. The minimum atomic E-state index is -0.498. The quantitative estimate of drug-likeness (QED) is 0.419. The molecule has 1 fully saturated rings. The normalized spacial score (nSPS) is 19.4. The predicted molar refractivity (Wildman–Crippen MR) is 114 cm³/mol. The highest BCUT2D eigenvalue weighted by molar-refractivity contribution is 5.93. The molecule has 2 amide bonds. The molecule has 162 valence electrons. The van der Waals surface area contributed by atoms with E-state index in [0.29, 0.717) is 54.1 Å². The Morgan fingerprint density at radius 3 is 2.87 bits per heavy atom. The number of fused-ring (bicyclic) bond motifs is 2. The molecular formula is C20H23N7O4. The lowest BCUT2D eigenvalue weighted by Gasteiger charge is -2.32. The predicted octanol–water partition coefficient (Wildman–Crippen LogP) is 1.93. The maximum atomic E-state index is 12.3. The van der Waals surface area contributed by atoms with E-state index in [-0.39, 0.29) is 6.04 Å². The zero-order valence-corrected chi connectivity index (χ0v) is 16.9. The van der Waals surface area contributed by atoms with Crippen molar-refractivity contribution >= 4 is 34.7 Å². The third kappa shape index (κ3) is 3.63. The van der Waals surface area contributed by atoms with E-state index in [1.807, 2.05) is 18.2 Å². The van der Waals surface area contributed by atoms with Crippen LogP contribution in [-0.2, 0) is 0 Å². The molecule has 1 aliphatic heterocycles. The van der Waals surface area contributed by atoms with Crippen molar-refractivity contribution in [1.29, 1.82) is 0 Å². The number of para-hydroxylation sites is 1. The number of urea groups is 1. The Kier molecular flexibility index (Phi) is 4.86. The number of nitrogens with zero attached hydrogens (tertiary/aromatic N) is 3. The summed E-state index contributed by atoms with van der Waals surface area (Å²) in [4.78, 5) is 17.0. The number of amides is 2. The van der Waals surface area contributed by atoms with Gasteiger partial charge in [0.05, 0.1) is 24.0 Å². The largest absolute Gasteiger partial charge is 0.486 e. The van der Waals surface area contributed by atoms with Crippen LogP contribution in [0, 0.1) is 0 Å². The van der Waals surface area contributed by atoms with Crippen molar-refractivity contribution in [2.45, 2.75) is 25.0 Å². The molecule has 0 radical (unpaired) electrons. The van der Waals surface area contributed by atoms with Gasteiger partial charge in [0, 0.05) is 13.1 Å². The first-order valence-corrected chi connectivity index (χ1v) is 10.1. The van der Waals surface area contributed by atoms with Crippen LogP contribution in [0.2, 0.25) is 0 Å². The molecule has 31 heavy (non-hydrogen) atoms. The second kappa shape index (κ2) is 7.84. The molecule has 1 aromatic carbocycles. The topological polar surface area (TPSA) is 134 Å². The van der Waals surface area contributed by atoms with E-state index in [2.05, 4.69) is 31.3 Å². The van der Waals surface area contributed by atoms with Crippen LogP contribution in [0.3, 0.4) is 0 Å². The highest BCUT2D eigenvalue weighted by atomic mass is 16.6. The Morgan fingerprint density at radius 1 is 1.23 bits per heavy atom. The van der Waals surface area contributed by atoms with Crippen molar-refractivity contribution in [1.82, 2.24) is 19.9 Å². The van der Waals surface area contributed by atoms with E-state index in [0.717, 1.165) is 12.1 Å². The summed E-state index contributed by atoms with van der Waals surface area (Å²) >= 11 is 0. The van der Waals surface area contributed by atoms with Gasteiger partial charge in [0.1, 0.15) is 30.5 Å². The lowest BCUT2D eigenvalue weighted by Crippen LogP contribution is -2.51. The average molecular weight is 425 g/mol. The molecule has 1 saturated carbocycles. The molecule has 0 spiro atoms. The Bertz CT molecular complexity index is 1130. The third-order valence-corrected chi connectivity index (χ3v) is 5.36. The molecule has 5 N–H and O–H groups in total. The summed E-state index contributed by atoms with van der Waals surface area (Å²) in [6.45, 7) is 0.983. The van der Waals surface area contributed by atoms with Crippen LogP contribution >= 0.6 is 0 Å². The Balaban J connectivity index is 1.43. The van der Waals surface area contributed by atoms with Gasteiger partial charge in [0.2, 0.25) is 0 Å². The summed E-state index contributed by atoms with van der Waals surface area (Å²) in [5.74, 6) is 2.52. The number of aromatic nitrogens is 3. The lowest BCUT2D eigenvalue weighted by molar-refractivity contribution is 0.0559. The number of rotatable bonds is 5. The molecule has 3 aromatic rings. The highest BCUT2D eigenvalue weighted by Crippen LogP contribution is 2.38. The summed E-state index contributed by atoms with van der Waals surface area (Å²) in [7, 11) is 1.78. The number of aliphatic hydroxyl groups is 1. The van der Waals surface area contributed by atoms with E-state index in [4.69, 9.17) is 9.47 Å². The summed E-state index contributed by atoms with van der Waals surface area (Å²) < 4.78 is 13.0. The molecule has 0 saturated heterocycles. The van der Waals surface area contributed by atoms with Crippen LogP contribution in [-0.4, -0.2) is 58.1 Å². The summed E-state index contributed by atoms with van der Waals surface area (Å²) in [5.41, 5.74) is 1.63. The van der Waals surface area contributed by atoms with Gasteiger partial charge in [-0.1, -0.05) is 6.07 Å². The lowest BCUT2D eigenvalue weighted by atomic mass is 9.89. The molecule has 11 heteroatoms. The maximum Gasteiger partial charge on any atom is 0.319 e. The number of hydrogen-bond acceptors (Lipinski definition) is 8. The van der Waals surface area contributed by atoms with E-state index >= 15 is 0 Å². The van der Waals surface area contributed by atoms with E-state index in [1.54, 1.807) is 17.6 Å². The Hall–Kier alpha value is -3.73. The second-order valence-electron chi connectivity index (χ2n) is 7.37. The standard InChI is InChI=1S/C20H23N7O4/c1-21-17-9-16(23-12-3-2-4-15-18(12)31-8-7-30-15)26-19-13(10-22-27(17)19)25-20(29)24-11-5-6-14(11)28/h2-4,9-11,14,21,28H,5-8H2,1H3,(H,23,26)(H2,24,25,29)/t11-,14+/m0/s1. The summed E-state index contributed by atoms with van der Waals surface area (Å²) in [6, 6.07) is 6.77. The minimum Gasteiger partial charge on any atom is -0.486 e. The molecule has 0 unspecified atom stereocenters. The smallest absolute Gasteiger partial charge is 0.319 e. The average Bonchev–Trinajstić information content (AvgIpc) is 3.18. The maximum absolute atomic E-state index is 12.3. The van der Waals surface area contributed by atoms with Crippen LogP contribution in [0.1, 0.15) is 12.8 Å². The van der Waals surface area contributed by atoms with Gasteiger partial charge >= 0.3 is 6.03 Å². The summed E-state index contributed by atoms with van der Waals surface area (Å²) in [6.07, 6.45) is 2.49. The van der Waals surface area contributed by atoms with Crippen molar-refractivity contribution in [2.75, 3.05) is 36.2 Å². The van der Waals surface area contributed by atoms with Crippen LogP contribution in [0.4, 0.5) is 27.8 Å². The van der Waals surface area contributed by atoms with E-state index in [1.165, 1.54) is 6.20 Å². The van der Waals surface area contributed by atoms with Gasteiger partial charge in [-0.3, -0.25) is 0 Å². The molecule has 2 aliphatic rings. The number of ether oxygens (including phenoxy) is 2. The highest BCUT2D eigenvalue weighted by Gasteiger charge is 2.30. The Morgan fingerprint density at radius 2 is 2.10 bits per heavy atom. The van der Waals surface area contributed by atoms with E-state index < -0.39 is 12.1 Å². The van der Waals surface area contributed by atoms with Crippen LogP contribution in [0.15, 0.2) is 30.5 Å². The third-order valence-electron chi connectivity index (χ3n) is 5.36. The van der Waals surface area contributed by atoms with Gasteiger partial charge in [-0.2, -0.15) is 9.61 Å². The molecule has 11 nitrogen and oxygen atoms in total. The number of anilines is 4. The fraction of sp³-hybridized carbons (Fsp3) is 0.350. The number of hydrogen-bond donors (Lipinski definition) is 5. The van der Waals surface area contributed by atoms with Gasteiger partial charge in [-0.05, 0) is 25.0 Å². The first kappa shape index (κ1) is 19.2. The molecule has 2 aromatic heterocycles. The second-order valence-corrected chi connectivity index (χ2v) is 7.37. The first-order valence-electron chi connectivity index (χ1n) is 10.1. The van der Waals surface area contributed by atoms with Gasteiger partial charge in [0.15, 0.2) is 17.1 Å². The van der Waals surface area contributed by atoms with Crippen LogP contribution in [0.5, 0.6) is 11.5 Å². The van der Waals surface area contributed by atoms with Crippen LogP contribution < -0.4 is 30.7 Å². The van der Waals surface area contributed by atoms with Crippen molar-refractivity contribution < 1.29 is 19.4 Å². The van der Waals surface area contributed by atoms with Gasteiger partial charge in [-0.15, -0.1) is 0 Å². The molecular weight excluding hydrogens is 402 g/mol. The van der Waals surface area contributed by atoms with Gasteiger partial charge < -0.3 is 35.8 Å². The van der Waals surface area contributed by atoms with Crippen molar-refractivity contribution in [3.63, 3.8) is 0 Å². The fourth-order valence-electron chi connectivity index (χ4n) is 3.58. The number of carbonyl (C=O) groups excluding carboxylic acids is 1. The number of carbonyl (C=O) groups is 1. The zero-order chi connectivity index (χ0) is 21.4. The van der Waals surface area contributed by atoms with Crippen LogP contribution in [0.25, 0.3) is 5.65 Å². The van der Waals surface area contributed by atoms with Crippen molar-refractivity contribution in [3.05, 3.63) is 30.5 Å². The SMILES string of the molecule is CNc1cc(Nc2cccc3c2OCCO3)nc2c(NC(=O)N[C@H]3CC[C@H]3O)cnn12. The van der Waals surface area contributed by atoms with Gasteiger partial charge in [-0.25, -0.2) is 9.78 Å². The number of nitrogens with one attached hydrogen (secondary N) is 4.